The number of hydrogen-bond acceptors (Lipinski definition) is 4. The molecule has 0 aliphatic heterocycles. The Bertz CT molecular complexity index is 792. The molecule has 0 heterocycles. The average molecular weight is 383 g/mol. The molecule has 3 rings (SSSR count). The zero-order valence-electron chi connectivity index (χ0n) is 17.0. The van der Waals surface area contributed by atoms with Crippen LogP contribution in [0.2, 0.25) is 0 Å². The second-order valence-electron chi connectivity index (χ2n) is 6.96. The van der Waals surface area contributed by atoms with Gasteiger partial charge in [-0.15, -0.1) is 0 Å². The number of nitrogens with zero attached hydrogens (tertiary/aromatic N) is 1. The van der Waals surface area contributed by atoms with Crippen molar-refractivity contribution in [3.05, 3.63) is 53.6 Å². The van der Waals surface area contributed by atoms with Crippen LogP contribution >= 0.6 is 0 Å². The number of hydrogen-bond donors (Lipinski definition) is 2. The molecule has 6 heteroatoms. The summed E-state index contributed by atoms with van der Waals surface area (Å²) < 4.78 is 16.2. The molecule has 2 aromatic rings. The predicted octanol–water partition coefficient (Wildman–Crippen LogP) is 3.11. The molecule has 1 saturated carbocycles. The van der Waals surface area contributed by atoms with Crippen LogP contribution in [0.25, 0.3) is 0 Å². The van der Waals surface area contributed by atoms with Crippen LogP contribution in [-0.4, -0.2) is 40.9 Å². The van der Waals surface area contributed by atoms with E-state index in [9.17, 15) is 0 Å². The lowest BCUT2D eigenvalue weighted by Gasteiger charge is -2.19. The summed E-state index contributed by atoms with van der Waals surface area (Å²) in [5.41, 5.74) is 2.63. The Morgan fingerprint density at radius 2 is 1.61 bits per heavy atom. The quantitative estimate of drug-likeness (QED) is 0.542. The number of rotatable bonds is 8. The molecule has 0 radical (unpaired) electrons. The van der Waals surface area contributed by atoms with Gasteiger partial charge in [-0.1, -0.05) is 30.3 Å². The molecule has 0 spiro atoms. The minimum Gasteiger partial charge on any atom is -0.493 e. The van der Waals surface area contributed by atoms with Crippen LogP contribution in [0.15, 0.2) is 47.5 Å². The summed E-state index contributed by atoms with van der Waals surface area (Å²) >= 11 is 0. The van der Waals surface area contributed by atoms with Crippen LogP contribution in [0.4, 0.5) is 0 Å². The SMILES string of the molecule is CN=C(NCc1cc(OC)c(OC)c(OC)c1)NCC1(c2ccccc2)CC1. The largest absolute Gasteiger partial charge is 0.493 e. The van der Waals surface area contributed by atoms with Crippen molar-refractivity contribution in [3.63, 3.8) is 0 Å². The summed E-state index contributed by atoms with van der Waals surface area (Å²) in [5, 5.41) is 6.84. The van der Waals surface area contributed by atoms with E-state index in [0.29, 0.717) is 23.8 Å². The molecular weight excluding hydrogens is 354 g/mol. The van der Waals surface area contributed by atoms with Gasteiger partial charge in [-0.25, -0.2) is 0 Å². The monoisotopic (exact) mass is 383 g/mol. The number of benzene rings is 2. The molecule has 0 aromatic heterocycles. The molecule has 0 saturated heterocycles. The highest BCUT2D eigenvalue weighted by Crippen LogP contribution is 2.47. The van der Waals surface area contributed by atoms with Crippen LogP contribution in [0.3, 0.4) is 0 Å². The second-order valence-corrected chi connectivity index (χ2v) is 6.96. The zero-order valence-corrected chi connectivity index (χ0v) is 17.0. The highest BCUT2D eigenvalue weighted by atomic mass is 16.5. The smallest absolute Gasteiger partial charge is 0.203 e. The van der Waals surface area contributed by atoms with E-state index >= 15 is 0 Å². The first-order valence-corrected chi connectivity index (χ1v) is 9.44. The molecule has 0 unspecified atom stereocenters. The predicted molar refractivity (Wildman–Crippen MR) is 112 cm³/mol. The van der Waals surface area contributed by atoms with Gasteiger partial charge in [0.15, 0.2) is 17.5 Å². The number of aliphatic imine (C=N–C) groups is 1. The lowest BCUT2D eigenvalue weighted by molar-refractivity contribution is 0.323. The first-order chi connectivity index (χ1) is 13.7. The number of methoxy groups -OCH3 is 3. The molecule has 1 aliphatic carbocycles. The molecule has 150 valence electrons. The average Bonchev–Trinajstić information content (AvgIpc) is 3.54. The third kappa shape index (κ3) is 4.32. The molecule has 6 nitrogen and oxygen atoms in total. The van der Waals surface area contributed by atoms with E-state index in [2.05, 4.69) is 46.0 Å². The van der Waals surface area contributed by atoms with E-state index in [1.807, 2.05) is 12.1 Å². The summed E-state index contributed by atoms with van der Waals surface area (Å²) in [6.45, 7) is 1.46. The van der Waals surface area contributed by atoms with Gasteiger partial charge in [-0.3, -0.25) is 4.99 Å². The minimum absolute atomic E-state index is 0.228. The summed E-state index contributed by atoms with van der Waals surface area (Å²) in [7, 11) is 6.62. The standard InChI is InChI=1S/C22H29N3O3/c1-23-21(25-15-22(10-11-22)17-8-6-5-7-9-17)24-14-16-12-18(26-2)20(28-4)19(13-16)27-3/h5-9,12-13H,10-11,14-15H2,1-4H3,(H2,23,24,25). The lowest BCUT2D eigenvalue weighted by atomic mass is 9.96. The fraction of sp³-hybridized carbons (Fsp3) is 0.409. The van der Waals surface area contributed by atoms with Gasteiger partial charge < -0.3 is 24.8 Å². The van der Waals surface area contributed by atoms with Gasteiger partial charge >= 0.3 is 0 Å². The summed E-state index contributed by atoms with van der Waals surface area (Å²) in [6, 6.07) is 14.6. The Balaban J connectivity index is 1.62. The normalized spacial score (nSPS) is 14.9. The number of nitrogens with one attached hydrogen (secondary N) is 2. The topological polar surface area (TPSA) is 64.1 Å². The summed E-state index contributed by atoms with van der Waals surface area (Å²) in [5.74, 6) is 2.65. The van der Waals surface area contributed by atoms with Gasteiger partial charge in [0, 0.05) is 25.6 Å². The van der Waals surface area contributed by atoms with Crippen molar-refractivity contribution in [1.29, 1.82) is 0 Å². The maximum Gasteiger partial charge on any atom is 0.203 e. The van der Waals surface area contributed by atoms with Crippen molar-refractivity contribution in [1.82, 2.24) is 10.6 Å². The van der Waals surface area contributed by atoms with E-state index in [0.717, 1.165) is 18.1 Å². The fourth-order valence-electron chi connectivity index (χ4n) is 3.41. The molecule has 2 N–H and O–H groups in total. The summed E-state index contributed by atoms with van der Waals surface area (Å²) in [4.78, 5) is 4.35. The third-order valence-corrected chi connectivity index (χ3v) is 5.24. The molecule has 0 amide bonds. The Morgan fingerprint density at radius 3 is 2.11 bits per heavy atom. The van der Waals surface area contributed by atoms with Crippen LogP contribution in [0.5, 0.6) is 17.2 Å². The van der Waals surface area contributed by atoms with Crippen molar-refractivity contribution in [2.45, 2.75) is 24.8 Å². The molecule has 28 heavy (non-hydrogen) atoms. The molecule has 0 bridgehead atoms. The van der Waals surface area contributed by atoms with Gasteiger partial charge in [0.1, 0.15) is 0 Å². The minimum atomic E-state index is 0.228. The van der Waals surface area contributed by atoms with Gasteiger partial charge in [-0.2, -0.15) is 0 Å². The van der Waals surface area contributed by atoms with Gasteiger partial charge in [0.05, 0.1) is 21.3 Å². The number of ether oxygens (including phenoxy) is 3. The Hall–Kier alpha value is -2.89. The Kier molecular flexibility index (Phi) is 6.29. The van der Waals surface area contributed by atoms with Crippen LogP contribution in [0.1, 0.15) is 24.0 Å². The van der Waals surface area contributed by atoms with Crippen LogP contribution in [0, 0.1) is 0 Å². The fourth-order valence-corrected chi connectivity index (χ4v) is 3.41. The first kappa shape index (κ1) is 19.9. The van der Waals surface area contributed by atoms with Gasteiger partial charge in [0.25, 0.3) is 0 Å². The van der Waals surface area contributed by atoms with Crippen LogP contribution in [-0.2, 0) is 12.0 Å². The van der Waals surface area contributed by atoms with Crippen molar-refractivity contribution in [2.75, 3.05) is 34.9 Å². The number of guanidine groups is 1. The van der Waals surface area contributed by atoms with Crippen molar-refractivity contribution in [2.24, 2.45) is 4.99 Å². The van der Waals surface area contributed by atoms with E-state index in [1.165, 1.54) is 18.4 Å². The zero-order chi connectivity index (χ0) is 20.0. The maximum absolute atomic E-state index is 5.42. The molecule has 1 fully saturated rings. The van der Waals surface area contributed by atoms with Crippen molar-refractivity contribution < 1.29 is 14.2 Å². The van der Waals surface area contributed by atoms with Crippen LogP contribution < -0.4 is 24.8 Å². The summed E-state index contributed by atoms with van der Waals surface area (Å²) in [6.07, 6.45) is 2.40. The van der Waals surface area contributed by atoms with Gasteiger partial charge in [0.2, 0.25) is 5.75 Å². The maximum atomic E-state index is 5.42. The molecule has 1 aliphatic rings. The van der Waals surface area contributed by atoms with E-state index in [1.54, 1.807) is 28.4 Å². The van der Waals surface area contributed by atoms with E-state index in [4.69, 9.17) is 14.2 Å². The second kappa shape index (κ2) is 8.87. The third-order valence-electron chi connectivity index (χ3n) is 5.24. The lowest BCUT2D eigenvalue weighted by Crippen LogP contribution is -2.40. The first-order valence-electron chi connectivity index (χ1n) is 9.44. The van der Waals surface area contributed by atoms with E-state index < -0.39 is 0 Å². The Morgan fingerprint density at radius 1 is 0.964 bits per heavy atom. The van der Waals surface area contributed by atoms with Gasteiger partial charge in [-0.05, 0) is 36.1 Å². The van der Waals surface area contributed by atoms with E-state index in [-0.39, 0.29) is 5.41 Å². The highest BCUT2D eigenvalue weighted by molar-refractivity contribution is 5.79. The molecule has 0 atom stereocenters. The highest BCUT2D eigenvalue weighted by Gasteiger charge is 2.43. The van der Waals surface area contributed by atoms with Crippen molar-refractivity contribution in [3.8, 4) is 17.2 Å². The van der Waals surface area contributed by atoms with Crippen molar-refractivity contribution >= 4 is 5.96 Å². The molecular formula is C22H29N3O3. The Labute approximate surface area is 166 Å². The molecule has 2 aromatic carbocycles.